The fourth-order valence-corrected chi connectivity index (χ4v) is 3.43. The van der Waals surface area contributed by atoms with Gasteiger partial charge in [0.1, 0.15) is 0 Å². The lowest BCUT2D eigenvalue weighted by molar-refractivity contribution is -0.0148. The number of rotatable bonds is 2. The standard InChI is InChI=1S/C11H13NOS/c13-10(9-6-12-7-14-9)8-4-11(5-8)2-1-3-11/h6-8H,1-5H2. The van der Waals surface area contributed by atoms with E-state index in [2.05, 4.69) is 4.98 Å². The van der Waals surface area contributed by atoms with Crippen LogP contribution < -0.4 is 0 Å². The van der Waals surface area contributed by atoms with Crippen LogP contribution in [0.1, 0.15) is 41.8 Å². The molecule has 0 amide bonds. The summed E-state index contributed by atoms with van der Waals surface area (Å²) in [6.07, 6.45) is 8.09. The Morgan fingerprint density at radius 1 is 1.50 bits per heavy atom. The summed E-state index contributed by atoms with van der Waals surface area (Å²) in [7, 11) is 0. The van der Waals surface area contributed by atoms with Gasteiger partial charge < -0.3 is 0 Å². The summed E-state index contributed by atoms with van der Waals surface area (Å²) in [5.41, 5.74) is 2.34. The van der Waals surface area contributed by atoms with Crippen molar-refractivity contribution in [3.63, 3.8) is 0 Å². The monoisotopic (exact) mass is 207 g/mol. The van der Waals surface area contributed by atoms with E-state index in [9.17, 15) is 4.79 Å². The molecular weight excluding hydrogens is 194 g/mol. The van der Waals surface area contributed by atoms with Gasteiger partial charge in [0.25, 0.3) is 0 Å². The van der Waals surface area contributed by atoms with E-state index in [-0.39, 0.29) is 0 Å². The van der Waals surface area contributed by atoms with E-state index in [0.29, 0.717) is 17.1 Å². The first-order valence-electron chi connectivity index (χ1n) is 5.22. The maximum Gasteiger partial charge on any atom is 0.177 e. The Bertz CT molecular complexity index is 345. The molecule has 1 aromatic heterocycles. The zero-order valence-electron chi connectivity index (χ0n) is 8.03. The predicted octanol–water partition coefficient (Wildman–Crippen LogP) is 2.91. The average molecular weight is 207 g/mol. The second-order valence-electron chi connectivity index (χ2n) is 4.69. The summed E-state index contributed by atoms with van der Waals surface area (Å²) in [5.74, 6) is 0.653. The molecule has 1 heterocycles. The van der Waals surface area contributed by atoms with Gasteiger partial charge in [-0.15, -0.1) is 11.3 Å². The molecule has 2 fully saturated rings. The third kappa shape index (κ3) is 1.15. The molecule has 0 N–H and O–H groups in total. The summed E-state index contributed by atoms with van der Waals surface area (Å²) in [6, 6.07) is 0. The minimum Gasteiger partial charge on any atom is -0.293 e. The maximum atomic E-state index is 11.9. The van der Waals surface area contributed by atoms with Gasteiger partial charge in [-0.1, -0.05) is 6.42 Å². The fraction of sp³-hybridized carbons (Fsp3) is 0.636. The molecule has 14 heavy (non-hydrogen) atoms. The van der Waals surface area contributed by atoms with E-state index >= 15 is 0 Å². The Labute approximate surface area is 87.4 Å². The Kier molecular flexibility index (Phi) is 1.78. The molecule has 0 bridgehead atoms. The van der Waals surface area contributed by atoms with E-state index in [4.69, 9.17) is 0 Å². The van der Waals surface area contributed by atoms with Crippen LogP contribution in [0.2, 0.25) is 0 Å². The zero-order chi connectivity index (χ0) is 9.60. The topological polar surface area (TPSA) is 30.0 Å². The van der Waals surface area contributed by atoms with Crippen LogP contribution in [-0.2, 0) is 0 Å². The molecule has 2 nitrogen and oxygen atoms in total. The lowest BCUT2D eigenvalue weighted by atomic mass is 9.51. The molecule has 0 radical (unpaired) electrons. The van der Waals surface area contributed by atoms with Gasteiger partial charge in [0.15, 0.2) is 5.78 Å². The molecule has 3 rings (SSSR count). The Balaban J connectivity index is 1.66. The lowest BCUT2D eigenvalue weighted by Gasteiger charge is -2.53. The van der Waals surface area contributed by atoms with Gasteiger partial charge in [-0.2, -0.15) is 0 Å². The summed E-state index contributed by atoms with van der Waals surface area (Å²) in [5, 5.41) is 0. The number of nitrogens with zero attached hydrogens (tertiary/aromatic N) is 1. The largest absolute Gasteiger partial charge is 0.293 e. The quantitative estimate of drug-likeness (QED) is 0.698. The molecule has 74 valence electrons. The first-order valence-corrected chi connectivity index (χ1v) is 6.10. The molecule has 2 aliphatic carbocycles. The van der Waals surface area contributed by atoms with Crippen LogP contribution in [0.5, 0.6) is 0 Å². The molecule has 1 spiro atoms. The van der Waals surface area contributed by atoms with Gasteiger partial charge in [0, 0.05) is 12.1 Å². The number of carbonyl (C=O) groups is 1. The van der Waals surface area contributed by atoms with Crippen LogP contribution in [-0.4, -0.2) is 10.8 Å². The first kappa shape index (κ1) is 8.60. The number of Topliss-reactive ketones (excluding diaryl/α,β-unsaturated/α-hetero) is 1. The van der Waals surface area contributed by atoms with Gasteiger partial charge in [-0.25, -0.2) is 0 Å². The van der Waals surface area contributed by atoms with Crippen molar-refractivity contribution in [1.82, 2.24) is 4.98 Å². The number of hydrogen-bond donors (Lipinski definition) is 0. The van der Waals surface area contributed by atoms with Crippen LogP contribution in [0.15, 0.2) is 11.7 Å². The minimum atomic E-state index is 0.316. The molecule has 0 aromatic carbocycles. The Morgan fingerprint density at radius 2 is 2.29 bits per heavy atom. The molecule has 0 saturated heterocycles. The molecule has 0 atom stereocenters. The third-order valence-corrected chi connectivity index (χ3v) is 4.61. The minimum absolute atomic E-state index is 0.316. The highest BCUT2D eigenvalue weighted by molar-refractivity contribution is 7.11. The van der Waals surface area contributed by atoms with Gasteiger partial charge >= 0.3 is 0 Å². The smallest absolute Gasteiger partial charge is 0.177 e. The average Bonchev–Trinajstić information content (AvgIpc) is 2.49. The van der Waals surface area contributed by atoms with E-state index < -0.39 is 0 Å². The van der Waals surface area contributed by atoms with Crippen LogP contribution in [0.4, 0.5) is 0 Å². The van der Waals surface area contributed by atoms with Gasteiger partial charge in [-0.05, 0) is 31.1 Å². The molecule has 0 aliphatic heterocycles. The normalized spacial score (nSPS) is 24.3. The molecule has 0 unspecified atom stereocenters. The molecule has 3 heteroatoms. The van der Waals surface area contributed by atoms with Crippen molar-refractivity contribution in [2.45, 2.75) is 32.1 Å². The first-order chi connectivity index (χ1) is 6.79. The molecule has 2 saturated carbocycles. The lowest BCUT2D eigenvalue weighted by Crippen LogP contribution is -2.45. The van der Waals surface area contributed by atoms with Crippen LogP contribution in [0.3, 0.4) is 0 Å². The Morgan fingerprint density at radius 3 is 2.79 bits per heavy atom. The van der Waals surface area contributed by atoms with Crippen LogP contribution in [0.25, 0.3) is 0 Å². The van der Waals surface area contributed by atoms with Crippen molar-refractivity contribution in [2.75, 3.05) is 0 Å². The number of thiazole rings is 1. The number of carbonyl (C=O) groups excluding carboxylic acids is 1. The summed E-state index contributed by atoms with van der Waals surface area (Å²) in [6.45, 7) is 0. The summed E-state index contributed by atoms with van der Waals surface area (Å²) < 4.78 is 0. The van der Waals surface area contributed by atoms with Gasteiger partial charge in [0.05, 0.1) is 10.4 Å². The zero-order valence-corrected chi connectivity index (χ0v) is 8.85. The fourth-order valence-electron chi connectivity index (χ4n) is 2.79. The van der Waals surface area contributed by atoms with E-state index in [1.54, 1.807) is 11.7 Å². The molecule has 1 aromatic rings. The highest BCUT2D eigenvalue weighted by Crippen LogP contribution is 2.59. The molecular formula is C11H13NOS. The second-order valence-corrected chi connectivity index (χ2v) is 5.58. The highest BCUT2D eigenvalue weighted by Gasteiger charge is 2.50. The van der Waals surface area contributed by atoms with Crippen LogP contribution in [0, 0.1) is 11.3 Å². The third-order valence-electron chi connectivity index (χ3n) is 3.82. The van der Waals surface area contributed by atoms with Crippen molar-refractivity contribution < 1.29 is 4.79 Å². The second kappa shape index (κ2) is 2.89. The number of hydrogen-bond acceptors (Lipinski definition) is 3. The van der Waals surface area contributed by atoms with E-state index in [0.717, 1.165) is 17.7 Å². The Hall–Kier alpha value is -0.700. The van der Waals surface area contributed by atoms with Gasteiger partial charge in [0.2, 0.25) is 0 Å². The van der Waals surface area contributed by atoms with Crippen molar-refractivity contribution in [3.8, 4) is 0 Å². The predicted molar refractivity (Wildman–Crippen MR) is 55.5 cm³/mol. The van der Waals surface area contributed by atoms with Crippen molar-refractivity contribution in [3.05, 3.63) is 16.6 Å². The van der Waals surface area contributed by atoms with E-state index in [1.165, 1.54) is 30.6 Å². The van der Waals surface area contributed by atoms with E-state index in [1.807, 2.05) is 0 Å². The summed E-state index contributed by atoms with van der Waals surface area (Å²) in [4.78, 5) is 16.7. The number of aromatic nitrogens is 1. The van der Waals surface area contributed by atoms with Crippen LogP contribution >= 0.6 is 11.3 Å². The van der Waals surface area contributed by atoms with Gasteiger partial charge in [-0.3, -0.25) is 9.78 Å². The molecule has 2 aliphatic rings. The maximum absolute atomic E-state index is 11.9. The summed E-state index contributed by atoms with van der Waals surface area (Å²) >= 11 is 1.47. The van der Waals surface area contributed by atoms with Crippen molar-refractivity contribution >= 4 is 17.1 Å². The van der Waals surface area contributed by atoms with Crippen molar-refractivity contribution in [2.24, 2.45) is 11.3 Å². The van der Waals surface area contributed by atoms with Crippen molar-refractivity contribution in [1.29, 1.82) is 0 Å². The SMILES string of the molecule is O=C(c1cncs1)C1CC2(CCC2)C1. The highest BCUT2D eigenvalue weighted by atomic mass is 32.1. The number of ketones is 1.